The molecule has 4 N–H and O–H groups in total. The largest absolute Gasteiger partial charge is 0.309 e. The second kappa shape index (κ2) is 8.28. The fourth-order valence-electron chi connectivity index (χ4n) is 3.70. The summed E-state index contributed by atoms with van der Waals surface area (Å²) in [5, 5.41) is 5.80. The van der Waals surface area contributed by atoms with Crippen molar-refractivity contribution in [2.45, 2.75) is 5.75 Å². The Morgan fingerprint density at radius 3 is 2.67 bits per heavy atom. The van der Waals surface area contributed by atoms with E-state index in [4.69, 9.17) is 0 Å². The van der Waals surface area contributed by atoms with Gasteiger partial charge in [-0.05, 0) is 29.1 Å². The molecular formula is C22H21N7O3S. The Labute approximate surface area is 189 Å². The molecular weight excluding hydrogens is 442 g/mol. The lowest BCUT2D eigenvalue weighted by atomic mass is 10.1. The first-order chi connectivity index (χ1) is 15.9. The number of hydrogen-bond acceptors (Lipinski definition) is 8. The molecule has 5 rings (SSSR count). The molecule has 0 saturated heterocycles. The van der Waals surface area contributed by atoms with E-state index in [1.165, 1.54) is 0 Å². The number of fused-ring (bicyclic) bond motifs is 2. The maximum atomic E-state index is 13.4. The average Bonchev–Trinajstić information content (AvgIpc) is 3.45. The van der Waals surface area contributed by atoms with Crippen LogP contribution in [-0.2, 0) is 22.8 Å². The van der Waals surface area contributed by atoms with Gasteiger partial charge in [-0.1, -0.05) is 18.2 Å². The molecule has 0 bridgehead atoms. The SMILES string of the molecule is Cn1cc(-c2cnc3ccc4ccc(CS(=O)(=O)NCC5=CNNN5)cc4c(=O)c3c2)cn1. The standard InChI is InChI=1S/C22H21N7O3S/c1-29-12-17(9-25-29)16-7-20-21(23-8-16)5-4-15-3-2-14(6-19(15)22(20)30)13-33(31,32)26-11-18-10-24-28-27-18/h2-10,12,24,26-28H,11,13H2,1H3. The highest BCUT2D eigenvalue weighted by molar-refractivity contribution is 7.88. The molecule has 3 heterocycles. The Hall–Kier alpha value is -3.80. The fourth-order valence-corrected chi connectivity index (χ4v) is 4.79. The molecule has 33 heavy (non-hydrogen) atoms. The molecule has 2 aromatic heterocycles. The summed E-state index contributed by atoms with van der Waals surface area (Å²) in [6, 6.07) is 10.5. The van der Waals surface area contributed by atoms with E-state index >= 15 is 0 Å². The van der Waals surface area contributed by atoms with Gasteiger partial charge >= 0.3 is 0 Å². The van der Waals surface area contributed by atoms with Gasteiger partial charge in [-0.2, -0.15) is 10.6 Å². The molecule has 2 aromatic carbocycles. The van der Waals surface area contributed by atoms with Gasteiger partial charge in [-0.25, -0.2) is 13.1 Å². The molecule has 0 spiro atoms. The highest BCUT2D eigenvalue weighted by Crippen LogP contribution is 2.22. The summed E-state index contributed by atoms with van der Waals surface area (Å²) in [4.78, 5) is 17.9. The number of sulfonamides is 1. The number of hydrogen-bond donors (Lipinski definition) is 4. The highest BCUT2D eigenvalue weighted by Gasteiger charge is 2.15. The maximum Gasteiger partial charge on any atom is 0.216 e. The smallest absolute Gasteiger partial charge is 0.216 e. The van der Waals surface area contributed by atoms with Crippen LogP contribution in [0, 0.1) is 0 Å². The third kappa shape index (κ3) is 4.42. The van der Waals surface area contributed by atoms with Crippen LogP contribution >= 0.6 is 0 Å². The van der Waals surface area contributed by atoms with Crippen LogP contribution in [0.25, 0.3) is 32.8 Å². The number of nitrogens with zero attached hydrogens (tertiary/aromatic N) is 3. The summed E-state index contributed by atoms with van der Waals surface area (Å²) in [5.74, 6) is -0.244. The molecule has 0 saturated carbocycles. The van der Waals surface area contributed by atoms with Crippen LogP contribution in [0.4, 0.5) is 0 Å². The van der Waals surface area contributed by atoms with E-state index < -0.39 is 10.0 Å². The first kappa shape index (κ1) is 21.1. The molecule has 1 aliphatic rings. The number of pyridine rings is 1. The van der Waals surface area contributed by atoms with E-state index in [-0.39, 0.29) is 17.7 Å². The van der Waals surface area contributed by atoms with Crippen molar-refractivity contribution in [1.82, 2.24) is 35.9 Å². The zero-order valence-electron chi connectivity index (χ0n) is 17.7. The van der Waals surface area contributed by atoms with Crippen molar-refractivity contribution < 1.29 is 8.42 Å². The minimum absolute atomic E-state index is 0.116. The van der Waals surface area contributed by atoms with Crippen molar-refractivity contribution in [2.24, 2.45) is 7.05 Å². The van der Waals surface area contributed by atoms with E-state index in [0.717, 1.165) is 11.1 Å². The van der Waals surface area contributed by atoms with Gasteiger partial charge in [0, 0.05) is 47.5 Å². The van der Waals surface area contributed by atoms with Crippen molar-refractivity contribution in [3.63, 3.8) is 0 Å². The van der Waals surface area contributed by atoms with Crippen LogP contribution in [-0.4, -0.2) is 29.7 Å². The third-order valence-electron chi connectivity index (χ3n) is 5.37. The number of nitrogens with one attached hydrogen (secondary N) is 4. The second-order valence-electron chi connectivity index (χ2n) is 7.79. The van der Waals surface area contributed by atoms with Crippen LogP contribution in [0.3, 0.4) is 0 Å². The van der Waals surface area contributed by atoms with Crippen molar-refractivity contribution in [1.29, 1.82) is 0 Å². The minimum atomic E-state index is -3.61. The molecule has 0 amide bonds. The molecule has 4 aromatic rings. The van der Waals surface area contributed by atoms with Crippen molar-refractivity contribution in [3.8, 4) is 11.1 Å². The van der Waals surface area contributed by atoms with E-state index in [1.807, 2.05) is 19.3 Å². The molecule has 11 heteroatoms. The number of benzene rings is 1. The van der Waals surface area contributed by atoms with E-state index in [2.05, 4.69) is 31.2 Å². The fraction of sp³-hybridized carbons (Fsp3) is 0.136. The first-order valence-corrected chi connectivity index (χ1v) is 11.8. The highest BCUT2D eigenvalue weighted by atomic mass is 32.2. The van der Waals surface area contributed by atoms with Crippen LogP contribution in [0.1, 0.15) is 5.56 Å². The lowest BCUT2D eigenvalue weighted by molar-refractivity contribution is 0.573. The number of hydrazine groups is 2. The first-order valence-electron chi connectivity index (χ1n) is 10.2. The van der Waals surface area contributed by atoms with Crippen LogP contribution in [0.5, 0.6) is 0 Å². The lowest BCUT2D eigenvalue weighted by Crippen LogP contribution is -2.35. The Morgan fingerprint density at radius 2 is 1.91 bits per heavy atom. The zero-order chi connectivity index (χ0) is 23.0. The maximum absolute atomic E-state index is 13.4. The summed E-state index contributed by atoms with van der Waals surface area (Å²) in [6.45, 7) is 0.116. The van der Waals surface area contributed by atoms with Gasteiger partial charge < -0.3 is 10.9 Å². The summed E-state index contributed by atoms with van der Waals surface area (Å²) in [6.07, 6.45) is 6.91. The molecule has 0 unspecified atom stereocenters. The number of aryl methyl sites for hydroxylation is 1. The molecule has 168 valence electrons. The molecule has 0 atom stereocenters. The van der Waals surface area contributed by atoms with Gasteiger partial charge in [0.25, 0.3) is 0 Å². The molecule has 0 aliphatic carbocycles. The van der Waals surface area contributed by atoms with E-state index in [0.29, 0.717) is 32.9 Å². The number of rotatable bonds is 6. The van der Waals surface area contributed by atoms with Gasteiger partial charge in [-0.15, -0.1) is 0 Å². The molecule has 10 nitrogen and oxygen atoms in total. The monoisotopic (exact) mass is 463 g/mol. The summed E-state index contributed by atoms with van der Waals surface area (Å²) in [7, 11) is -1.79. The summed E-state index contributed by atoms with van der Waals surface area (Å²) < 4.78 is 29.3. The van der Waals surface area contributed by atoms with Gasteiger partial charge in [-0.3, -0.25) is 14.5 Å². The topological polar surface area (TPSA) is 130 Å². The Balaban J connectivity index is 1.52. The molecule has 0 fully saturated rings. The quantitative estimate of drug-likeness (QED) is 0.334. The van der Waals surface area contributed by atoms with Crippen molar-refractivity contribution in [3.05, 3.63) is 82.7 Å². The molecule has 1 aliphatic heterocycles. The van der Waals surface area contributed by atoms with E-state index in [9.17, 15) is 13.2 Å². The van der Waals surface area contributed by atoms with E-state index in [1.54, 1.807) is 53.6 Å². The Morgan fingerprint density at radius 1 is 1.06 bits per heavy atom. The minimum Gasteiger partial charge on any atom is -0.309 e. The van der Waals surface area contributed by atoms with Gasteiger partial charge in [0.2, 0.25) is 10.0 Å². The lowest BCUT2D eigenvalue weighted by Gasteiger charge is -2.08. The van der Waals surface area contributed by atoms with Crippen LogP contribution < -0.4 is 26.5 Å². The van der Waals surface area contributed by atoms with Gasteiger partial charge in [0.15, 0.2) is 5.43 Å². The molecule has 0 radical (unpaired) electrons. The zero-order valence-corrected chi connectivity index (χ0v) is 18.5. The van der Waals surface area contributed by atoms with Crippen LogP contribution in [0.2, 0.25) is 0 Å². The summed E-state index contributed by atoms with van der Waals surface area (Å²) >= 11 is 0. The van der Waals surface area contributed by atoms with Gasteiger partial charge in [0.05, 0.1) is 29.7 Å². The second-order valence-corrected chi connectivity index (χ2v) is 9.59. The predicted octanol–water partition coefficient (Wildman–Crippen LogP) is 1.02. The van der Waals surface area contributed by atoms with Crippen molar-refractivity contribution in [2.75, 3.05) is 6.54 Å². The number of aromatic nitrogens is 3. The Kier molecular flexibility index (Phi) is 5.29. The van der Waals surface area contributed by atoms with Crippen molar-refractivity contribution >= 4 is 31.7 Å². The third-order valence-corrected chi connectivity index (χ3v) is 6.66. The predicted molar refractivity (Wildman–Crippen MR) is 126 cm³/mol. The Bertz CT molecular complexity index is 1580. The normalized spacial score (nSPS) is 13.7. The average molecular weight is 464 g/mol. The van der Waals surface area contributed by atoms with Gasteiger partial charge in [0.1, 0.15) is 0 Å². The van der Waals surface area contributed by atoms with Crippen LogP contribution in [0.15, 0.2) is 71.7 Å². The summed E-state index contributed by atoms with van der Waals surface area (Å²) in [5.41, 5.74) is 11.3.